The number of hydrogen-bond acceptors (Lipinski definition) is 4. The number of hydrogen-bond donors (Lipinski definition) is 1. The van der Waals surface area contributed by atoms with Gasteiger partial charge in [-0.2, -0.15) is 0 Å². The number of carbonyl (C=O) groups excluding carboxylic acids is 1. The fourth-order valence-electron chi connectivity index (χ4n) is 1.85. The van der Waals surface area contributed by atoms with Gasteiger partial charge in [0.25, 0.3) is 11.5 Å². The number of rotatable bonds is 3. The molecule has 1 amide bonds. The molecule has 104 valence electrons. The molecule has 7 heteroatoms. The van der Waals surface area contributed by atoms with E-state index in [0.717, 1.165) is 0 Å². The van der Waals surface area contributed by atoms with E-state index in [1.54, 1.807) is 7.05 Å². The van der Waals surface area contributed by atoms with Crippen LogP contribution in [0.5, 0.6) is 0 Å². The van der Waals surface area contributed by atoms with E-state index in [1.165, 1.54) is 17.2 Å². The lowest BCUT2D eigenvalue weighted by Crippen LogP contribution is -2.42. The fourth-order valence-corrected chi connectivity index (χ4v) is 2.02. The fraction of sp³-hybridized carbons (Fsp3) is 0.500. The second-order valence-corrected chi connectivity index (χ2v) is 4.75. The topological polar surface area (TPSA) is 71.6 Å². The Morgan fingerprint density at radius 2 is 2.37 bits per heavy atom. The molecule has 0 spiro atoms. The van der Waals surface area contributed by atoms with Crippen molar-refractivity contribution in [2.24, 2.45) is 0 Å². The molecule has 19 heavy (non-hydrogen) atoms. The SMILES string of the molecule is CN(CC1COCCO1)C(=O)c1cc(Cl)c[nH]c1=O. The second kappa shape index (κ2) is 6.18. The smallest absolute Gasteiger partial charge is 0.260 e. The Hall–Kier alpha value is -1.37. The van der Waals surface area contributed by atoms with E-state index in [1.807, 2.05) is 0 Å². The molecule has 0 aliphatic carbocycles. The van der Waals surface area contributed by atoms with Crippen molar-refractivity contribution in [1.82, 2.24) is 9.88 Å². The Bertz CT molecular complexity index is 511. The molecule has 1 aliphatic heterocycles. The number of aromatic amines is 1. The van der Waals surface area contributed by atoms with Crippen LogP contribution in [0.4, 0.5) is 0 Å². The summed E-state index contributed by atoms with van der Waals surface area (Å²) in [5.74, 6) is -0.391. The molecule has 0 saturated carbocycles. The number of halogens is 1. The Morgan fingerprint density at radius 3 is 3.05 bits per heavy atom. The molecule has 0 aromatic carbocycles. The summed E-state index contributed by atoms with van der Waals surface area (Å²) < 4.78 is 10.7. The Balaban J connectivity index is 2.05. The van der Waals surface area contributed by atoms with Gasteiger partial charge in [0, 0.05) is 19.8 Å². The third kappa shape index (κ3) is 3.56. The van der Waals surface area contributed by atoms with E-state index in [-0.39, 0.29) is 11.7 Å². The normalized spacial score (nSPS) is 19.2. The second-order valence-electron chi connectivity index (χ2n) is 4.31. The van der Waals surface area contributed by atoms with Crippen LogP contribution in [0.1, 0.15) is 10.4 Å². The predicted molar refractivity (Wildman–Crippen MR) is 69.6 cm³/mol. The standard InChI is InChI=1S/C12H15ClN2O4/c1-15(6-9-7-18-2-3-19-9)12(17)10-4-8(13)5-14-11(10)16/h4-5,9H,2-3,6-7H2,1H3,(H,14,16). The highest BCUT2D eigenvalue weighted by molar-refractivity contribution is 6.30. The van der Waals surface area contributed by atoms with E-state index < -0.39 is 11.5 Å². The average molecular weight is 287 g/mol. The van der Waals surface area contributed by atoms with Crippen LogP contribution in [0.3, 0.4) is 0 Å². The van der Waals surface area contributed by atoms with Crippen LogP contribution in [-0.2, 0) is 9.47 Å². The largest absolute Gasteiger partial charge is 0.376 e. The minimum Gasteiger partial charge on any atom is -0.376 e. The lowest BCUT2D eigenvalue weighted by molar-refractivity contribution is -0.0933. The quantitative estimate of drug-likeness (QED) is 0.879. The first-order valence-electron chi connectivity index (χ1n) is 5.91. The number of H-pyrrole nitrogens is 1. The van der Waals surface area contributed by atoms with Gasteiger partial charge in [0.1, 0.15) is 5.56 Å². The first-order valence-corrected chi connectivity index (χ1v) is 6.29. The van der Waals surface area contributed by atoms with Crippen molar-refractivity contribution < 1.29 is 14.3 Å². The Labute approximate surface area is 115 Å². The maximum absolute atomic E-state index is 12.1. The number of carbonyl (C=O) groups is 1. The molecule has 1 aliphatic rings. The lowest BCUT2D eigenvalue weighted by atomic mass is 10.2. The minimum absolute atomic E-state index is 0.0201. The van der Waals surface area contributed by atoms with E-state index in [2.05, 4.69) is 4.98 Å². The predicted octanol–water partition coefficient (Wildman–Crippen LogP) is 0.516. The van der Waals surface area contributed by atoms with Crippen molar-refractivity contribution >= 4 is 17.5 Å². The van der Waals surface area contributed by atoms with Gasteiger partial charge in [-0.15, -0.1) is 0 Å². The maximum Gasteiger partial charge on any atom is 0.260 e. The summed E-state index contributed by atoms with van der Waals surface area (Å²) in [6.07, 6.45) is 1.18. The molecule has 1 aromatic rings. The van der Waals surface area contributed by atoms with Gasteiger partial charge in [0.2, 0.25) is 0 Å². The van der Waals surface area contributed by atoms with E-state index in [9.17, 15) is 9.59 Å². The zero-order valence-corrected chi connectivity index (χ0v) is 11.3. The first-order chi connectivity index (χ1) is 9.08. The molecule has 6 nitrogen and oxygen atoms in total. The van der Waals surface area contributed by atoms with Gasteiger partial charge in [-0.05, 0) is 6.07 Å². The highest BCUT2D eigenvalue weighted by Gasteiger charge is 2.21. The minimum atomic E-state index is -0.456. The molecule has 1 aromatic heterocycles. The molecule has 1 unspecified atom stereocenters. The number of aromatic nitrogens is 1. The summed E-state index contributed by atoms with van der Waals surface area (Å²) in [6, 6.07) is 1.36. The summed E-state index contributed by atoms with van der Waals surface area (Å²) in [5.41, 5.74) is -0.436. The van der Waals surface area contributed by atoms with E-state index in [0.29, 0.717) is 31.4 Å². The van der Waals surface area contributed by atoms with Crippen LogP contribution in [0.25, 0.3) is 0 Å². The molecule has 1 atom stereocenters. The van der Waals surface area contributed by atoms with Gasteiger partial charge in [0.15, 0.2) is 0 Å². The number of nitrogens with zero attached hydrogens (tertiary/aromatic N) is 1. The van der Waals surface area contributed by atoms with Crippen LogP contribution in [0.2, 0.25) is 5.02 Å². The zero-order chi connectivity index (χ0) is 13.8. The monoisotopic (exact) mass is 286 g/mol. The third-order valence-electron chi connectivity index (χ3n) is 2.81. The van der Waals surface area contributed by atoms with Gasteiger partial charge < -0.3 is 19.4 Å². The van der Waals surface area contributed by atoms with Crippen molar-refractivity contribution in [2.75, 3.05) is 33.4 Å². The number of nitrogens with one attached hydrogen (secondary N) is 1. The van der Waals surface area contributed by atoms with Gasteiger partial charge >= 0.3 is 0 Å². The average Bonchev–Trinajstić information content (AvgIpc) is 2.42. The van der Waals surface area contributed by atoms with Crippen molar-refractivity contribution in [3.63, 3.8) is 0 Å². The molecule has 2 heterocycles. The van der Waals surface area contributed by atoms with Crippen molar-refractivity contribution in [3.05, 3.63) is 33.2 Å². The van der Waals surface area contributed by atoms with E-state index in [4.69, 9.17) is 21.1 Å². The van der Waals surface area contributed by atoms with Crippen molar-refractivity contribution in [1.29, 1.82) is 0 Å². The molecule has 0 radical (unpaired) electrons. The molecule has 2 rings (SSSR count). The molecular weight excluding hydrogens is 272 g/mol. The molecular formula is C12H15ClN2O4. The van der Waals surface area contributed by atoms with Crippen LogP contribution >= 0.6 is 11.6 Å². The summed E-state index contributed by atoms with van der Waals surface area (Å²) >= 11 is 5.77. The van der Waals surface area contributed by atoms with E-state index >= 15 is 0 Å². The Morgan fingerprint density at radius 1 is 1.58 bits per heavy atom. The highest BCUT2D eigenvalue weighted by atomic mass is 35.5. The van der Waals surface area contributed by atoms with Crippen LogP contribution in [0.15, 0.2) is 17.1 Å². The van der Waals surface area contributed by atoms with Crippen molar-refractivity contribution in [3.8, 4) is 0 Å². The molecule has 1 fully saturated rings. The number of likely N-dealkylation sites (N-methyl/N-ethyl adjacent to an activating group) is 1. The third-order valence-corrected chi connectivity index (χ3v) is 3.03. The summed E-state index contributed by atoms with van der Waals surface area (Å²) in [6.45, 7) is 1.90. The van der Waals surface area contributed by atoms with Crippen LogP contribution in [0, 0.1) is 0 Å². The molecule has 1 saturated heterocycles. The number of amides is 1. The lowest BCUT2D eigenvalue weighted by Gasteiger charge is -2.27. The zero-order valence-electron chi connectivity index (χ0n) is 10.5. The molecule has 0 bridgehead atoms. The highest BCUT2D eigenvalue weighted by Crippen LogP contribution is 2.09. The molecule has 1 N–H and O–H groups in total. The Kier molecular flexibility index (Phi) is 4.57. The van der Waals surface area contributed by atoms with Crippen molar-refractivity contribution in [2.45, 2.75) is 6.10 Å². The van der Waals surface area contributed by atoms with Gasteiger partial charge in [0.05, 0.1) is 30.9 Å². The van der Waals surface area contributed by atoms with Gasteiger partial charge in [-0.25, -0.2) is 0 Å². The maximum atomic E-state index is 12.1. The van der Waals surface area contributed by atoms with Crippen LogP contribution < -0.4 is 5.56 Å². The number of ether oxygens (including phenoxy) is 2. The van der Waals surface area contributed by atoms with Gasteiger partial charge in [-0.1, -0.05) is 11.6 Å². The van der Waals surface area contributed by atoms with Gasteiger partial charge in [-0.3, -0.25) is 9.59 Å². The summed E-state index contributed by atoms with van der Waals surface area (Å²) in [4.78, 5) is 27.6. The summed E-state index contributed by atoms with van der Waals surface area (Å²) in [7, 11) is 1.61. The summed E-state index contributed by atoms with van der Waals surface area (Å²) in [5, 5.41) is 0.314. The number of pyridine rings is 1. The van der Waals surface area contributed by atoms with Crippen LogP contribution in [-0.4, -0.2) is 55.3 Å². The first kappa shape index (κ1) is 14.0.